The Morgan fingerprint density at radius 2 is 1.60 bits per heavy atom. The molecule has 1 aromatic carbocycles. The molecule has 1 aromatic rings. The Morgan fingerprint density at radius 3 is 1.93 bits per heavy atom. The van der Waals surface area contributed by atoms with E-state index in [0.29, 0.717) is 0 Å². The summed E-state index contributed by atoms with van der Waals surface area (Å²) in [5, 5.41) is 0. The predicted molar refractivity (Wildman–Crippen MR) is 53.8 cm³/mol. The molecule has 7 heteroatoms. The third-order valence-corrected chi connectivity index (χ3v) is 1.05. The Labute approximate surface area is 88.0 Å². The van der Waals surface area contributed by atoms with E-state index in [-0.39, 0.29) is 6.15 Å². The maximum absolute atomic E-state index is 9.99. The molecule has 0 aliphatic rings. The molecule has 0 amide bonds. The molecular formula is C8H13F2NO3S. The molecule has 1 rings (SSSR count). The fraction of sp³-hybridized carbons (Fsp3) is 0.250. The molecule has 15 heavy (non-hydrogen) atoms. The van der Waals surface area contributed by atoms with E-state index in [1.807, 2.05) is 37.3 Å². The highest BCUT2D eigenvalue weighted by Gasteiger charge is 1.94. The first-order valence-electron chi connectivity index (χ1n) is 3.75. The van der Waals surface area contributed by atoms with Crippen LogP contribution in [0.2, 0.25) is 0 Å². The summed E-state index contributed by atoms with van der Waals surface area (Å²) >= 11 is 0. The van der Waals surface area contributed by atoms with Crippen molar-refractivity contribution in [2.75, 3.05) is 6.61 Å². The summed E-state index contributed by atoms with van der Waals surface area (Å²) in [7, 11) is -5.67. The smallest absolute Gasteiger partial charge is 0.476 e. The molecule has 0 saturated carbocycles. The average molecular weight is 241 g/mol. The lowest BCUT2D eigenvalue weighted by molar-refractivity contribution is 0.340. The molecule has 3 N–H and O–H groups in total. The summed E-state index contributed by atoms with van der Waals surface area (Å²) in [5.74, 6) is 0.944. The van der Waals surface area contributed by atoms with Crippen molar-refractivity contribution in [2.24, 2.45) is 0 Å². The first-order valence-corrected chi connectivity index (χ1v) is 5.04. The minimum Gasteiger partial charge on any atom is -0.494 e. The molecule has 0 aliphatic heterocycles. The third kappa shape index (κ3) is 15.5. The van der Waals surface area contributed by atoms with Crippen LogP contribution in [0.5, 0.6) is 5.75 Å². The van der Waals surface area contributed by atoms with Gasteiger partial charge in [0.25, 0.3) is 0 Å². The van der Waals surface area contributed by atoms with Crippen molar-refractivity contribution in [1.82, 2.24) is 6.15 Å². The molecule has 0 bridgehead atoms. The zero-order valence-electron chi connectivity index (χ0n) is 8.19. The van der Waals surface area contributed by atoms with Gasteiger partial charge in [-0.2, -0.15) is 8.42 Å². The number of benzene rings is 1. The van der Waals surface area contributed by atoms with E-state index >= 15 is 0 Å². The molecule has 0 spiro atoms. The number of hydrogen-bond acceptors (Lipinski definition) is 4. The van der Waals surface area contributed by atoms with Crippen LogP contribution < -0.4 is 10.9 Å². The minimum absolute atomic E-state index is 0. The Kier molecular flexibility index (Phi) is 8.79. The van der Waals surface area contributed by atoms with Crippen LogP contribution in [0.15, 0.2) is 30.3 Å². The summed E-state index contributed by atoms with van der Waals surface area (Å²) in [4.78, 5) is 0. The molecule has 0 atom stereocenters. The standard InChI is InChI=1S/C8H10O.F2O2S.H3N/c1-2-9-8-6-4-3-5-7-8;1-5(2,3)4;/h3-7H,2H2,1H3;;1H3. The summed E-state index contributed by atoms with van der Waals surface area (Å²) in [6.45, 7) is 2.72. The van der Waals surface area contributed by atoms with E-state index < -0.39 is 10.6 Å². The second-order valence-corrected chi connectivity index (χ2v) is 2.88. The van der Waals surface area contributed by atoms with Gasteiger partial charge in [-0.25, -0.2) is 0 Å². The van der Waals surface area contributed by atoms with Crippen LogP contribution in [0, 0.1) is 0 Å². The number of halogens is 2. The Hall–Kier alpha value is -1.21. The van der Waals surface area contributed by atoms with Gasteiger partial charge in [0.05, 0.1) is 6.61 Å². The van der Waals surface area contributed by atoms with Gasteiger partial charge in [-0.15, -0.1) is 0 Å². The van der Waals surface area contributed by atoms with Crippen molar-refractivity contribution in [2.45, 2.75) is 6.92 Å². The first kappa shape index (κ1) is 16.2. The van der Waals surface area contributed by atoms with E-state index in [1.165, 1.54) is 0 Å². The predicted octanol–water partition coefficient (Wildman–Crippen LogP) is 2.42. The third-order valence-electron chi connectivity index (χ3n) is 1.05. The number of para-hydroxylation sites is 1. The van der Waals surface area contributed by atoms with Crippen molar-refractivity contribution in [1.29, 1.82) is 0 Å². The molecule has 0 fully saturated rings. The van der Waals surface area contributed by atoms with E-state index in [0.717, 1.165) is 12.4 Å². The molecule has 0 aliphatic carbocycles. The quantitative estimate of drug-likeness (QED) is 0.806. The van der Waals surface area contributed by atoms with Crippen molar-refractivity contribution in [3.8, 4) is 5.75 Å². The molecule has 88 valence electrons. The highest BCUT2D eigenvalue weighted by atomic mass is 32.3. The molecule has 0 saturated heterocycles. The van der Waals surface area contributed by atoms with Crippen LogP contribution in [0.3, 0.4) is 0 Å². The molecule has 0 aromatic heterocycles. The summed E-state index contributed by atoms with van der Waals surface area (Å²) in [6.07, 6.45) is 0. The van der Waals surface area contributed by atoms with Gasteiger partial charge in [0.1, 0.15) is 5.75 Å². The number of ether oxygens (including phenoxy) is 1. The number of rotatable bonds is 2. The van der Waals surface area contributed by atoms with Crippen molar-refractivity contribution < 1.29 is 20.9 Å². The highest BCUT2D eigenvalue weighted by Crippen LogP contribution is 2.06. The zero-order valence-corrected chi connectivity index (χ0v) is 9.01. The van der Waals surface area contributed by atoms with Gasteiger partial charge >= 0.3 is 10.6 Å². The molecule has 0 unspecified atom stereocenters. The molecule has 0 heterocycles. The van der Waals surface area contributed by atoms with Crippen LogP contribution >= 0.6 is 0 Å². The fourth-order valence-corrected chi connectivity index (χ4v) is 0.683. The second kappa shape index (κ2) is 8.13. The monoisotopic (exact) mass is 241 g/mol. The van der Waals surface area contributed by atoms with Gasteiger partial charge in [0.15, 0.2) is 0 Å². The molecule has 0 radical (unpaired) electrons. The van der Waals surface area contributed by atoms with Crippen LogP contribution in [0.4, 0.5) is 7.77 Å². The van der Waals surface area contributed by atoms with Crippen LogP contribution in [0.25, 0.3) is 0 Å². The largest absolute Gasteiger partial charge is 0.494 e. The van der Waals surface area contributed by atoms with E-state index in [1.54, 1.807) is 0 Å². The maximum Gasteiger partial charge on any atom is 0.476 e. The van der Waals surface area contributed by atoms with E-state index in [2.05, 4.69) is 0 Å². The fourth-order valence-electron chi connectivity index (χ4n) is 0.683. The van der Waals surface area contributed by atoms with E-state index in [4.69, 9.17) is 13.2 Å². The number of hydrogen-bond donors (Lipinski definition) is 1. The Morgan fingerprint density at radius 1 is 1.20 bits per heavy atom. The van der Waals surface area contributed by atoms with Crippen LogP contribution in [-0.2, 0) is 10.6 Å². The normalized spacial score (nSPS) is 9.27. The maximum atomic E-state index is 9.99. The minimum atomic E-state index is -5.67. The Bertz CT molecular complexity index is 334. The van der Waals surface area contributed by atoms with Gasteiger partial charge in [-0.1, -0.05) is 26.0 Å². The van der Waals surface area contributed by atoms with Gasteiger partial charge in [-0.3, -0.25) is 0 Å². The lowest BCUT2D eigenvalue weighted by atomic mass is 10.3. The zero-order chi connectivity index (χ0) is 11.0. The average Bonchev–Trinajstić information content (AvgIpc) is 2.03. The lowest BCUT2D eigenvalue weighted by Gasteiger charge is -1.99. The van der Waals surface area contributed by atoms with Gasteiger partial charge in [-0.05, 0) is 19.1 Å². The molecule has 4 nitrogen and oxygen atoms in total. The van der Waals surface area contributed by atoms with E-state index in [9.17, 15) is 7.77 Å². The van der Waals surface area contributed by atoms with Crippen molar-refractivity contribution in [3.63, 3.8) is 0 Å². The van der Waals surface area contributed by atoms with Gasteiger partial charge in [0, 0.05) is 0 Å². The summed E-state index contributed by atoms with van der Waals surface area (Å²) < 4.78 is 41.8. The summed E-state index contributed by atoms with van der Waals surface area (Å²) in [6, 6.07) is 9.80. The summed E-state index contributed by atoms with van der Waals surface area (Å²) in [5.41, 5.74) is 0. The van der Waals surface area contributed by atoms with Gasteiger partial charge < -0.3 is 10.9 Å². The SMILES string of the molecule is CCOc1ccccc1.N.O=S(=O)(F)F. The lowest BCUT2D eigenvalue weighted by Crippen LogP contribution is -1.89. The van der Waals surface area contributed by atoms with Crippen LogP contribution in [-0.4, -0.2) is 15.0 Å². The Balaban J connectivity index is 0. The second-order valence-electron chi connectivity index (χ2n) is 2.12. The van der Waals surface area contributed by atoms with Crippen molar-refractivity contribution >= 4 is 10.6 Å². The molecular weight excluding hydrogens is 228 g/mol. The highest BCUT2D eigenvalue weighted by molar-refractivity contribution is 7.81. The topological polar surface area (TPSA) is 78.4 Å². The van der Waals surface area contributed by atoms with Crippen molar-refractivity contribution in [3.05, 3.63) is 30.3 Å². The first-order chi connectivity index (χ1) is 6.43. The van der Waals surface area contributed by atoms with Crippen LogP contribution in [0.1, 0.15) is 6.92 Å². The van der Waals surface area contributed by atoms with Gasteiger partial charge in [0.2, 0.25) is 0 Å².